The van der Waals surface area contributed by atoms with Crippen LogP contribution in [-0.2, 0) is 6.61 Å². The maximum atomic E-state index is 13.8. The summed E-state index contributed by atoms with van der Waals surface area (Å²) in [6, 6.07) is 2.85. The zero-order chi connectivity index (χ0) is 15.6. The number of nitrogens with two attached hydrogens (primary N) is 1. The lowest BCUT2D eigenvalue weighted by atomic mass is 10.1. The number of aryl methyl sites for hydroxylation is 2. The monoisotopic (exact) mass is 290 g/mol. The van der Waals surface area contributed by atoms with Gasteiger partial charge < -0.3 is 15.2 Å². The quantitative estimate of drug-likeness (QED) is 0.878. The van der Waals surface area contributed by atoms with Gasteiger partial charge in [0.15, 0.2) is 11.6 Å². The lowest BCUT2D eigenvalue weighted by Gasteiger charge is -2.14. The first-order valence-corrected chi connectivity index (χ1v) is 6.61. The molecule has 2 aromatic rings. The molecule has 0 spiro atoms. The molecule has 1 aromatic heterocycles. The van der Waals surface area contributed by atoms with E-state index in [2.05, 4.69) is 4.98 Å². The van der Waals surface area contributed by atoms with Crippen LogP contribution in [0.4, 0.5) is 10.1 Å². The highest BCUT2D eigenvalue weighted by Crippen LogP contribution is 2.27. The number of benzene rings is 1. The van der Waals surface area contributed by atoms with Crippen LogP contribution in [-0.4, -0.2) is 12.1 Å². The summed E-state index contributed by atoms with van der Waals surface area (Å²) in [7, 11) is 1.61. The Morgan fingerprint density at radius 1 is 1.19 bits per heavy atom. The third kappa shape index (κ3) is 3.07. The Kier molecular flexibility index (Phi) is 4.31. The third-order valence-corrected chi connectivity index (χ3v) is 3.43. The van der Waals surface area contributed by atoms with E-state index >= 15 is 0 Å². The number of ether oxygens (including phenoxy) is 2. The molecule has 21 heavy (non-hydrogen) atoms. The molecule has 2 N–H and O–H groups in total. The molecule has 0 aliphatic rings. The Morgan fingerprint density at radius 2 is 1.90 bits per heavy atom. The number of pyridine rings is 1. The van der Waals surface area contributed by atoms with Crippen LogP contribution in [0, 0.1) is 26.6 Å². The predicted octanol–water partition coefficient (Wildman–Crippen LogP) is 3.32. The average molecular weight is 290 g/mol. The number of hydrogen-bond donors (Lipinski definition) is 1. The smallest absolute Gasteiger partial charge is 0.167 e. The summed E-state index contributed by atoms with van der Waals surface area (Å²) in [6.45, 7) is 5.80. The summed E-state index contributed by atoms with van der Waals surface area (Å²) >= 11 is 0. The van der Waals surface area contributed by atoms with E-state index in [1.165, 1.54) is 6.07 Å². The minimum Gasteiger partial charge on any atom is -0.496 e. The van der Waals surface area contributed by atoms with Gasteiger partial charge in [-0.15, -0.1) is 0 Å². The zero-order valence-electron chi connectivity index (χ0n) is 12.7. The highest BCUT2D eigenvalue weighted by atomic mass is 19.1. The highest BCUT2D eigenvalue weighted by molar-refractivity contribution is 5.50. The summed E-state index contributed by atoms with van der Waals surface area (Å²) in [5, 5.41) is 0. The fraction of sp³-hybridized carbons (Fsp3) is 0.312. The van der Waals surface area contributed by atoms with Crippen molar-refractivity contribution in [1.82, 2.24) is 4.98 Å². The molecule has 0 aliphatic heterocycles. The van der Waals surface area contributed by atoms with Crippen molar-refractivity contribution < 1.29 is 13.9 Å². The van der Waals surface area contributed by atoms with Gasteiger partial charge in [-0.05, 0) is 32.4 Å². The Bertz CT molecular complexity index is 672. The third-order valence-electron chi connectivity index (χ3n) is 3.43. The van der Waals surface area contributed by atoms with E-state index in [9.17, 15) is 4.39 Å². The summed E-state index contributed by atoms with van der Waals surface area (Å²) in [4.78, 5) is 4.32. The second-order valence-electron chi connectivity index (χ2n) is 4.97. The normalized spacial score (nSPS) is 10.5. The minimum absolute atomic E-state index is 0.169. The van der Waals surface area contributed by atoms with E-state index in [1.807, 2.05) is 13.8 Å². The van der Waals surface area contributed by atoms with Crippen LogP contribution in [0.1, 0.15) is 22.4 Å². The van der Waals surface area contributed by atoms with Gasteiger partial charge in [0.2, 0.25) is 0 Å². The van der Waals surface area contributed by atoms with Crippen molar-refractivity contribution >= 4 is 5.69 Å². The Morgan fingerprint density at radius 3 is 2.57 bits per heavy atom. The molecular formula is C16H19FN2O2. The average Bonchev–Trinajstić information content (AvgIpc) is 2.43. The minimum atomic E-state index is -0.477. The van der Waals surface area contributed by atoms with Gasteiger partial charge in [0.05, 0.1) is 12.8 Å². The van der Waals surface area contributed by atoms with Gasteiger partial charge in [-0.25, -0.2) is 4.39 Å². The van der Waals surface area contributed by atoms with E-state index in [-0.39, 0.29) is 12.4 Å². The molecule has 0 saturated heterocycles. The predicted molar refractivity (Wildman–Crippen MR) is 80.1 cm³/mol. The second kappa shape index (κ2) is 5.99. The number of hydrogen-bond acceptors (Lipinski definition) is 4. The molecule has 0 radical (unpaired) electrons. The van der Waals surface area contributed by atoms with Crippen molar-refractivity contribution in [3.8, 4) is 11.5 Å². The fourth-order valence-electron chi connectivity index (χ4n) is 2.14. The van der Waals surface area contributed by atoms with E-state index < -0.39 is 5.82 Å². The van der Waals surface area contributed by atoms with E-state index in [1.54, 1.807) is 26.3 Å². The van der Waals surface area contributed by atoms with Gasteiger partial charge in [0.25, 0.3) is 0 Å². The van der Waals surface area contributed by atoms with Crippen LogP contribution >= 0.6 is 0 Å². The molecule has 112 valence electrons. The van der Waals surface area contributed by atoms with Gasteiger partial charge in [-0.3, -0.25) is 4.98 Å². The van der Waals surface area contributed by atoms with Crippen molar-refractivity contribution in [2.75, 3.05) is 12.8 Å². The maximum Gasteiger partial charge on any atom is 0.167 e. The molecule has 0 amide bonds. The molecule has 0 aliphatic carbocycles. The van der Waals surface area contributed by atoms with Gasteiger partial charge in [0.1, 0.15) is 12.4 Å². The van der Waals surface area contributed by atoms with Crippen molar-refractivity contribution in [3.63, 3.8) is 0 Å². The van der Waals surface area contributed by atoms with Gasteiger partial charge in [-0.2, -0.15) is 0 Å². The topological polar surface area (TPSA) is 57.4 Å². The SMILES string of the molecule is COc1c(C)cnc(COc2cc(C)c(N)cc2F)c1C. The van der Waals surface area contributed by atoms with Crippen LogP contribution < -0.4 is 15.2 Å². The zero-order valence-corrected chi connectivity index (χ0v) is 12.7. The number of methoxy groups -OCH3 is 1. The summed E-state index contributed by atoms with van der Waals surface area (Å²) in [5.74, 6) is 0.467. The molecule has 0 bridgehead atoms. The summed E-state index contributed by atoms with van der Waals surface area (Å²) in [5.41, 5.74) is 9.39. The Balaban J connectivity index is 2.23. The molecule has 0 atom stereocenters. The molecule has 0 unspecified atom stereocenters. The molecule has 0 fully saturated rings. The molecular weight excluding hydrogens is 271 g/mol. The molecule has 4 nitrogen and oxygen atoms in total. The summed E-state index contributed by atoms with van der Waals surface area (Å²) in [6.07, 6.45) is 1.72. The van der Waals surface area contributed by atoms with E-state index in [0.717, 1.165) is 22.4 Å². The number of aromatic nitrogens is 1. The van der Waals surface area contributed by atoms with Gasteiger partial charge in [-0.1, -0.05) is 0 Å². The van der Waals surface area contributed by atoms with Crippen LogP contribution in [0.25, 0.3) is 0 Å². The molecule has 2 rings (SSSR count). The largest absolute Gasteiger partial charge is 0.496 e. The van der Waals surface area contributed by atoms with Gasteiger partial charge >= 0.3 is 0 Å². The second-order valence-corrected chi connectivity index (χ2v) is 4.97. The van der Waals surface area contributed by atoms with Crippen molar-refractivity contribution in [2.45, 2.75) is 27.4 Å². The van der Waals surface area contributed by atoms with Gasteiger partial charge in [0, 0.05) is 29.1 Å². The number of rotatable bonds is 4. The van der Waals surface area contributed by atoms with Crippen LogP contribution in [0.5, 0.6) is 11.5 Å². The number of nitrogen functional groups attached to an aromatic ring is 1. The maximum absolute atomic E-state index is 13.8. The van der Waals surface area contributed by atoms with E-state index in [4.69, 9.17) is 15.2 Å². The first kappa shape index (κ1) is 15.1. The Hall–Kier alpha value is -2.30. The molecule has 5 heteroatoms. The Labute approximate surface area is 123 Å². The molecule has 0 saturated carbocycles. The standard InChI is InChI=1S/C16H19FN2O2/c1-9-5-15(12(17)6-13(9)18)21-8-14-11(3)16(20-4)10(2)7-19-14/h5-7H,8,18H2,1-4H3. The first-order chi connectivity index (χ1) is 9.93. The lowest BCUT2D eigenvalue weighted by Crippen LogP contribution is -2.05. The van der Waals surface area contributed by atoms with Crippen LogP contribution in [0.2, 0.25) is 0 Å². The van der Waals surface area contributed by atoms with Crippen molar-refractivity contribution in [2.24, 2.45) is 0 Å². The van der Waals surface area contributed by atoms with E-state index in [0.29, 0.717) is 11.4 Å². The number of halogens is 1. The molecule has 1 aromatic carbocycles. The lowest BCUT2D eigenvalue weighted by molar-refractivity contribution is 0.283. The molecule has 1 heterocycles. The van der Waals surface area contributed by atoms with Crippen molar-refractivity contribution in [1.29, 1.82) is 0 Å². The summed E-state index contributed by atoms with van der Waals surface area (Å²) < 4.78 is 24.7. The fourth-order valence-corrected chi connectivity index (χ4v) is 2.14. The van der Waals surface area contributed by atoms with Crippen LogP contribution in [0.3, 0.4) is 0 Å². The first-order valence-electron chi connectivity index (χ1n) is 6.61. The highest BCUT2D eigenvalue weighted by Gasteiger charge is 2.12. The number of anilines is 1. The number of nitrogens with zero attached hydrogens (tertiary/aromatic N) is 1. The van der Waals surface area contributed by atoms with Crippen LogP contribution in [0.15, 0.2) is 18.3 Å². The van der Waals surface area contributed by atoms with Crippen molar-refractivity contribution in [3.05, 3.63) is 46.5 Å².